The van der Waals surface area contributed by atoms with Crippen molar-refractivity contribution in [3.63, 3.8) is 0 Å². The maximum absolute atomic E-state index is 12.9. The zero-order chi connectivity index (χ0) is 26.9. The van der Waals surface area contributed by atoms with Crippen molar-refractivity contribution in [2.45, 2.75) is 69.9 Å². The van der Waals surface area contributed by atoms with Gasteiger partial charge in [-0.3, -0.25) is 9.59 Å². The Morgan fingerprint density at radius 2 is 1.03 bits per heavy atom. The summed E-state index contributed by atoms with van der Waals surface area (Å²) in [7, 11) is 0. The number of fused-ring (bicyclic) bond motifs is 2. The summed E-state index contributed by atoms with van der Waals surface area (Å²) in [4.78, 5) is 27.1. The van der Waals surface area contributed by atoms with E-state index < -0.39 is 0 Å². The average Bonchev–Trinajstić information content (AvgIpc) is 3.48. The summed E-state index contributed by atoms with van der Waals surface area (Å²) in [6.07, 6.45) is 10.0. The molecule has 39 heavy (non-hydrogen) atoms. The zero-order valence-corrected chi connectivity index (χ0v) is 24.8. The lowest BCUT2D eigenvalue weighted by Gasteiger charge is -2.34. The molecular weight excluding hydrogens is 567 g/mol. The van der Waals surface area contributed by atoms with Gasteiger partial charge in [0.1, 0.15) is 9.75 Å². The summed E-state index contributed by atoms with van der Waals surface area (Å²) in [5.74, 6) is 1.36. The van der Waals surface area contributed by atoms with Gasteiger partial charge in [-0.1, -0.05) is 59.6 Å². The number of carbonyl (C=O) groups excluding carboxylic acids is 2. The standard InChI is InChI=1S/C31H32Cl2N2O2S2/c32-26-22-5-1-3-7-24(22)38-28(26)30(36)34-20-13-9-18(10-14-20)17-19-11-15-21(16-12-19)35-31(37)29-27(33)23-6-2-4-8-25(23)39-29/h1-8,18-21H,9-17H2,(H,34,36)(H,35,37). The number of nitrogens with one attached hydrogen (secondary N) is 2. The van der Waals surface area contributed by atoms with Crippen molar-refractivity contribution in [2.24, 2.45) is 11.8 Å². The number of hydrogen-bond donors (Lipinski definition) is 2. The molecule has 2 aliphatic rings. The average molecular weight is 600 g/mol. The smallest absolute Gasteiger partial charge is 0.263 e. The molecule has 0 saturated heterocycles. The van der Waals surface area contributed by atoms with Gasteiger partial charge in [-0.15, -0.1) is 22.7 Å². The van der Waals surface area contributed by atoms with Gasteiger partial charge in [-0.25, -0.2) is 0 Å². The molecule has 2 fully saturated rings. The van der Waals surface area contributed by atoms with Crippen LogP contribution in [0.1, 0.15) is 77.1 Å². The normalized spacial score (nSPS) is 23.6. The van der Waals surface area contributed by atoms with E-state index >= 15 is 0 Å². The highest BCUT2D eigenvalue weighted by Gasteiger charge is 2.29. The van der Waals surface area contributed by atoms with E-state index in [9.17, 15) is 9.59 Å². The minimum Gasteiger partial charge on any atom is -0.349 e. The highest BCUT2D eigenvalue weighted by molar-refractivity contribution is 7.22. The summed E-state index contributed by atoms with van der Waals surface area (Å²) >= 11 is 16.0. The Morgan fingerprint density at radius 3 is 1.41 bits per heavy atom. The molecule has 0 bridgehead atoms. The van der Waals surface area contributed by atoms with E-state index in [1.54, 1.807) is 0 Å². The van der Waals surface area contributed by atoms with Crippen molar-refractivity contribution in [2.75, 3.05) is 0 Å². The van der Waals surface area contributed by atoms with Crippen LogP contribution in [-0.4, -0.2) is 23.9 Å². The summed E-state index contributed by atoms with van der Waals surface area (Å²) in [6, 6.07) is 16.3. The summed E-state index contributed by atoms with van der Waals surface area (Å²) in [5.41, 5.74) is 0. The second kappa shape index (κ2) is 11.8. The lowest BCUT2D eigenvalue weighted by molar-refractivity contribution is 0.0922. The quantitative estimate of drug-likeness (QED) is 0.232. The molecule has 4 nitrogen and oxygen atoms in total. The molecule has 2 aromatic carbocycles. The molecule has 0 atom stereocenters. The fourth-order valence-corrected chi connectivity index (χ4v) is 9.22. The lowest BCUT2D eigenvalue weighted by Crippen LogP contribution is -2.39. The van der Waals surface area contributed by atoms with Crippen molar-refractivity contribution in [3.05, 3.63) is 68.3 Å². The first-order chi connectivity index (χ1) is 19.0. The SMILES string of the molecule is O=C(NC1CCC(CC2CCC(NC(=O)c3sc4ccccc4c3Cl)CC2)CC1)c1sc2ccccc2c1Cl. The molecule has 2 aliphatic carbocycles. The Balaban J connectivity index is 0.941. The van der Waals surface area contributed by atoms with Gasteiger partial charge in [0, 0.05) is 32.3 Å². The first kappa shape index (κ1) is 27.1. The molecule has 0 radical (unpaired) electrons. The number of carbonyl (C=O) groups is 2. The molecule has 2 amide bonds. The van der Waals surface area contributed by atoms with E-state index in [1.165, 1.54) is 29.1 Å². The molecule has 4 aromatic rings. The van der Waals surface area contributed by atoms with Gasteiger partial charge in [0.25, 0.3) is 11.8 Å². The van der Waals surface area contributed by atoms with Gasteiger partial charge in [0.15, 0.2) is 0 Å². The van der Waals surface area contributed by atoms with Gasteiger partial charge in [0.05, 0.1) is 10.0 Å². The topological polar surface area (TPSA) is 58.2 Å². The third-order valence-corrected chi connectivity index (χ3v) is 11.9. The third kappa shape index (κ3) is 5.85. The predicted octanol–water partition coefficient (Wildman–Crippen LogP) is 9.09. The monoisotopic (exact) mass is 598 g/mol. The molecule has 2 N–H and O–H groups in total. The van der Waals surface area contributed by atoms with Crippen molar-refractivity contribution in [3.8, 4) is 0 Å². The van der Waals surface area contributed by atoms with Gasteiger partial charge < -0.3 is 10.6 Å². The number of amides is 2. The lowest BCUT2D eigenvalue weighted by atomic mass is 9.75. The molecular formula is C31H32Cl2N2O2S2. The van der Waals surface area contributed by atoms with Gasteiger partial charge in [-0.2, -0.15) is 0 Å². The fraction of sp³-hybridized carbons (Fsp3) is 0.419. The maximum atomic E-state index is 12.9. The Morgan fingerprint density at radius 1 is 0.641 bits per heavy atom. The minimum atomic E-state index is -0.0399. The highest BCUT2D eigenvalue weighted by atomic mass is 35.5. The molecule has 0 unspecified atom stereocenters. The number of halogens is 2. The van der Waals surface area contributed by atoms with E-state index in [-0.39, 0.29) is 23.9 Å². The molecule has 2 saturated carbocycles. The third-order valence-electron chi connectivity index (χ3n) is 8.51. The van der Waals surface area contributed by atoms with E-state index in [0.29, 0.717) is 19.8 Å². The number of benzene rings is 2. The summed E-state index contributed by atoms with van der Waals surface area (Å²) < 4.78 is 2.10. The Labute approximate surface area is 247 Å². The van der Waals surface area contributed by atoms with Gasteiger partial charge in [-0.05, 0) is 81.8 Å². The molecule has 0 aliphatic heterocycles. The Bertz CT molecular complexity index is 1390. The highest BCUT2D eigenvalue weighted by Crippen LogP contribution is 2.38. The summed E-state index contributed by atoms with van der Waals surface area (Å²) in [5, 5.41) is 9.55. The van der Waals surface area contributed by atoms with Crippen LogP contribution in [0.15, 0.2) is 48.5 Å². The first-order valence-electron chi connectivity index (χ1n) is 13.9. The molecule has 204 valence electrons. The second-order valence-electron chi connectivity index (χ2n) is 11.1. The van der Waals surface area contributed by atoms with Crippen LogP contribution in [0.3, 0.4) is 0 Å². The maximum Gasteiger partial charge on any atom is 0.263 e. The van der Waals surface area contributed by atoms with Crippen LogP contribution in [-0.2, 0) is 0 Å². The fourth-order valence-electron chi connectivity index (χ4n) is 6.38. The Kier molecular flexibility index (Phi) is 8.17. The van der Waals surface area contributed by atoms with Crippen LogP contribution in [0.4, 0.5) is 0 Å². The number of hydrogen-bond acceptors (Lipinski definition) is 4. The van der Waals surface area contributed by atoms with Gasteiger partial charge in [0.2, 0.25) is 0 Å². The number of rotatable bonds is 6. The number of thiophene rings is 2. The zero-order valence-electron chi connectivity index (χ0n) is 21.7. The van der Waals surface area contributed by atoms with E-state index in [2.05, 4.69) is 10.6 Å². The van der Waals surface area contributed by atoms with Crippen LogP contribution < -0.4 is 10.6 Å². The molecule has 2 aromatic heterocycles. The van der Waals surface area contributed by atoms with Crippen LogP contribution >= 0.6 is 45.9 Å². The molecule has 0 spiro atoms. The van der Waals surface area contributed by atoms with E-state index in [4.69, 9.17) is 23.2 Å². The van der Waals surface area contributed by atoms with Crippen molar-refractivity contribution < 1.29 is 9.59 Å². The summed E-state index contributed by atoms with van der Waals surface area (Å²) in [6.45, 7) is 0. The molecule has 8 heteroatoms. The minimum absolute atomic E-state index is 0.0399. The van der Waals surface area contributed by atoms with Gasteiger partial charge >= 0.3 is 0 Å². The van der Waals surface area contributed by atoms with Crippen molar-refractivity contribution in [1.82, 2.24) is 10.6 Å². The van der Waals surface area contributed by atoms with Crippen LogP contribution in [0.25, 0.3) is 20.2 Å². The van der Waals surface area contributed by atoms with Crippen LogP contribution in [0.2, 0.25) is 10.0 Å². The first-order valence-corrected chi connectivity index (χ1v) is 16.3. The predicted molar refractivity (Wildman–Crippen MR) is 165 cm³/mol. The van der Waals surface area contributed by atoms with Crippen LogP contribution in [0, 0.1) is 11.8 Å². The van der Waals surface area contributed by atoms with Crippen LogP contribution in [0.5, 0.6) is 0 Å². The van der Waals surface area contributed by atoms with Crippen molar-refractivity contribution in [1.29, 1.82) is 0 Å². The van der Waals surface area contributed by atoms with E-state index in [0.717, 1.165) is 83.4 Å². The van der Waals surface area contributed by atoms with Crippen molar-refractivity contribution >= 4 is 77.9 Å². The molecule has 6 rings (SSSR count). The Hall–Kier alpha value is -2.12. The second-order valence-corrected chi connectivity index (χ2v) is 14.0. The molecule has 2 heterocycles. The van der Waals surface area contributed by atoms with E-state index in [1.807, 2.05) is 48.5 Å². The largest absolute Gasteiger partial charge is 0.349 e.